The van der Waals surface area contributed by atoms with E-state index < -0.39 is 0 Å². The highest BCUT2D eigenvalue weighted by molar-refractivity contribution is 14.1. The molecule has 12 heavy (non-hydrogen) atoms. The quantitative estimate of drug-likeness (QED) is 0.825. The molecule has 2 N–H and O–H groups in total. The molecule has 66 valence electrons. The minimum atomic E-state index is 0.196. The van der Waals surface area contributed by atoms with Gasteiger partial charge in [-0.2, -0.15) is 0 Å². The first-order valence-corrected chi connectivity index (χ1v) is 5.24. The van der Waals surface area contributed by atoms with Crippen molar-refractivity contribution in [2.24, 2.45) is 5.73 Å². The zero-order chi connectivity index (χ0) is 9.14. The Bertz CT molecular complexity index is 271. The van der Waals surface area contributed by atoms with Gasteiger partial charge in [0.25, 0.3) is 0 Å². The molecule has 1 nitrogen and oxygen atoms in total. The molecule has 0 amide bonds. The third-order valence-corrected chi connectivity index (χ3v) is 2.74. The molecule has 0 saturated carbocycles. The standard InChI is InChI=1S/C10H14IN/c1-3-10(12)9-5-4-8(11)6-7(9)2/h4-6,10H,3,12H2,1-2H3/t10-/m0/s1. The van der Waals surface area contributed by atoms with E-state index in [4.69, 9.17) is 5.73 Å². The molecule has 0 heterocycles. The molecule has 1 atom stereocenters. The third-order valence-electron chi connectivity index (χ3n) is 2.07. The lowest BCUT2D eigenvalue weighted by Gasteiger charge is -2.12. The summed E-state index contributed by atoms with van der Waals surface area (Å²) in [5, 5.41) is 0. The minimum absolute atomic E-state index is 0.196. The van der Waals surface area contributed by atoms with Gasteiger partial charge in [-0.25, -0.2) is 0 Å². The van der Waals surface area contributed by atoms with Crippen molar-refractivity contribution in [2.45, 2.75) is 26.3 Å². The maximum absolute atomic E-state index is 5.94. The number of benzene rings is 1. The summed E-state index contributed by atoms with van der Waals surface area (Å²) in [4.78, 5) is 0. The molecule has 0 aliphatic rings. The Morgan fingerprint density at radius 1 is 1.50 bits per heavy atom. The Morgan fingerprint density at radius 3 is 2.67 bits per heavy atom. The van der Waals surface area contributed by atoms with Gasteiger partial charge >= 0.3 is 0 Å². The van der Waals surface area contributed by atoms with Crippen LogP contribution in [-0.2, 0) is 0 Å². The normalized spacial score (nSPS) is 13.0. The maximum Gasteiger partial charge on any atom is 0.0294 e. The molecule has 0 radical (unpaired) electrons. The van der Waals surface area contributed by atoms with Crippen molar-refractivity contribution >= 4 is 22.6 Å². The summed E-state index contributed by atoms with van der Waals surface area (Å²) in [6, 6.07) is 6.61. The number of hydrogen-bond donors (Lipinski definition) is 1. The van der Waals surface area contributed by atoms with E-state index in [1.165, 1.54) is 14.7 Å². The van der Waals surface area contributed by atoms with Gasteiger partial charge in [0, 0.05) is 9.61 Å². The van der Waals surface area contributed by atoms with Crippen LogP contribution >= 0.6 is 22.6 Å². The largest absolute Gasteiger partial charge is 0.324 e. The lowest BCUT2D eigenvalue weighted by Crippen LogP contribution is -2.10. The van der Waals surface area contributed by atoms with Crippen LogP contribution in [0.15, 0.2) is 18.2 Å². The van der Waals surface area contributed by atoms with Gasteiger partial charge in [0.2, 0.25) is 0 Å². The van der Waals surface area contributed by atoms with E-state index in [2.05, 4.69) is 54.6 Å². The van der Waals surface area contributed by atoms with Gasteiger partial charge in [-0.3, -0.25) is 0 Å². The second-order valence-electron chi connectivity index (χ2n) is 3.02. The third kappa shape index (κ3) is 2.20. The zero-order valence-electron chi connectivity index (χ0n) is 7.47. The first-order valence-electron chi connectivity index (χ1n) is 4.16. The average Bonchev–Trinajstić information content (AvgIpc) is 2.03. The second-order valence-corrected chi connectivity index (χ2v) is 4.26. The monoisotopic (exact) mass is 275 g/mol. The van der Waals surface area contributed by atoms with Gasteiger partial charge in [-0.1, -0.05) is 13.0 Å². The van der Waals surface area contributed by atoms with Crippen LogP contribution in [0.25, 0.3) is 0 Å². The summed E-state index contributed by atoms with van der Waals surface area (Å²) in [6.45, 7) is 4.23. The molecule has 0 aliphatic carbocycles. The summed E-state index contributed by atoms with van der Waals surface area (Å²) in [5.74, 6) is 0. The topological polar surface area (TPSA) is 26.0 Å². The molecule has 0 aromatic heterocycles. The molecule has 0 unspecified atom stereocenters. The number of hydrogen-bond acceptors (Lipinski definition) is 1. The SMILES string of the molecule is CC[C@H](N)c1ccc(I)cc1C. The van der Waals surface area contributed by atoms with Crippen molar-refractivity contribution in [1.82, 2.24) is 0 Å². The van der Waals surface area contributed by atoms with Crippen molar-refractivity contribution in [3.05, 3.63) is 32.9 Å². The Labute approximate surface area is 87.5 Å². The van der Waals surface area contributed by atoms with Gasteiger partial charge in [0.05, 0.1) is 0 Å². The van der Waals surface area contributed by atoms with Gasteiger partial charge in [0.15, 0.2) is 0 Å². The van der Waals surface area contributed by atoms with Crippen LogP contribution in [0, 0.1) is 10.5 Å². The van der Waals surface area contributed by atoms with E-state index in [1.54, 1.807) is 0 Å². The van der Waals surface area contributed by atoms with Crippen molar-refractivity contribution in [1.29, 1.82) is 0 Å². The van der Waals surface area contributed by atoms with Gasteiger partial charge in [0.1, 0.15) is 0 Å². The highest BCUT2D eigenvalue weighted by Gasteiger charge is 2.05. The van der Waals surface area contributed by atoms with Crippen LogP contribution in [0.5, 0.6) is 0 Å². The lowest BCUT2D eigenvalue weighted by atomic mass is 10.0. The number of halogens is 1. The van der Waals surface area contributed by atoms with Crippen LogP contribution in [0.1, 0.15) is 30.5 Å². The summed E-state index contributed by atoms with van der Waals surface area (Å²) in [5.41, 5.74) is 8.52. The van der Waals surface area contributed by atoms with Crippen LogP contribution in [0.3, 0.4) is 0 Å². The van der Waals surface area contributed by atoms with Crippen LogP contribution in [0.2, 0.25) is 0 Å². The molecule has 0 aliphatic heterocycles. The van der Waals surface area contributed by atoms with E-state index in [1.807, 2.05) is 0 Å². The Morgan fingerprint density at radius 2 is 2.17 bits per heavy atom. The second kappa shape index (κ2) is 4.23. The fraction of sp³-hybridized carbons (Fsp3) is 0.400. The van der Waals surface area contributed by atoms with E-state index in [9.17, 15) is 0 Å². The summed E-state index contributed by atoms with van der Waals surface area (Å²) < 4.78 is 1.28. The Balaban J connectivity index is 3.01. The first-order chi connectivity index (χ1) is 5.65. The smallest absolute Gasteiger partial charge is 0.0294 e. The highest BCUT2D eigenvalue weighted by Crippen LogP contribution is 2.19. The van der Waals surface area contributed by atoms with E-state index in [0.29, 0.717) is 0 Å². The number of nitrogens with two attached hydrogens (primary N) is 1. The fourth-order valence-electron chi connectivity index (χ4n) is 1.28. The molecule has 1 aromatic rings. The van der Waals surface area contributed by atoms with Crippen molar-refractivity contribution in [3.63, 3.8) is 0 Å². The molecule has 0 spiro atoms. The molecule has 0 bridgehead atoms. The predicted octanol–water partition coefficient (Wildman–Crippen LogP) is 3.01. The van der Waals surface area contributed by atoms with E-state index >= 15 is 0 Å². The van der Waals surface area contributed by atoms with Gasteiger partial charge in [-0.05, 0) is 59.2 Å². The highest BCUT2D eigenvalue weighted by atomic mass is 127. The fourth-order valence-corrected chi connectivity index (χ4v) is 1.92. The lowest BCUT2D eigenvalue weighted by molar-refractivity contribution is 0.694. The van der Waals surface area contributed by atoms with Crippen LogP contribution in [0.4, 0.5) is 0 Å². The van der Waals surface area contributed by atoms with Crippen molar-refractivity contribution in [2.75, 3.05) is 0 Å². The van der Waals surface area contributed by atoms with Crippen LogP contribution < -0.4 is 5.73 Å². The van der Waals surface area contributed by atoms with E-state index in [-0.39, 0.29) is 6.04 Å². The molecule has 2 heteroatoms. The van der Waals surface area contributed by atoms with Crippen LogP contribution in [-0.4, -0.2) is 0 Å². The first kappa shape index (κ1) is 9.99. The molecular weight excluding hydrogens is 261 g/mol. The minimum Gasteiger partial charge on any atom is -0.324 e. The van der Waals surface area contributed by atoms with Crippen molar-refractivity contribution in [3.8, 4) is 0 Å². The number of rotatable bonds is 2. The summed E-state index contributed by atoms with van der Waals surface area (Å²) in [7, 11) is 0. The Kier molecular flexibility index (Phi) is 3.53. The van der Waals surface area contributed by atoms with Crippen molar-refractivity contribution < 1.29 is 0 Å². The maximum atomic E-state index is 5.94. The summed E-state index contributed by atoms with van der Waals surface area (Å²) >= 11 is 2.32. The van der Waals surface area contributed by atoms with Gasteiger partial charge < -0.3 is 5.73 Å². The molecule has 1 rings (SSSR count). The van der Waals surface area contributed by atoms with Gasteiger partial charge in [-0.15, -0.1) is 0 Å². The molecular formula is C10H14IN. The zero-order valence-corrected chi connectivity index (χ0v) is 9.63. The molecule has 0 fully saturated rings. The average molecular weight is 275 g/mol. The number of aryl methyl sites for hydroxylation is 1. The molecule has 0 saturated heterocycles. The Hall–Kier alpha value is -0.0900. The van der Waals surface area contributed by atoms with E-state index in [0.717, 1.165) is 6.42 Å². The molecule has 1 aromatic carbocycles. The predicted molar refractivity (Wildman–Crippen MR) is 61.1 cm³/mol. The summed E-state index contributed by atoms with van der Waals surface area (Å²) in [6.07, 6.45) is 1.00.